The molecule has 31 heavy (non-hydrogen) atoms. The number of fused-ring (bicyclic) bond motifs is 1. The van der Waals surface area contributed by atoms with E-state index in [-0.39, 0.29) is 27.8 Å². The van der Waals surface area contributed by atoms with E-state index in [1.807, 2.05) is 0 Å². The average Bonchev–Trinajstić information content (AvgIpc) is 3.42. The molecule has 2 heterocycles. The van der Waals surface area contributed by atoms with Crippen LogP contribution in [0.4, 0.5) is 5.82 Å². The Hall–Kier alpha value is -3.51. The Balaban J connectivity index is 1.76. The summed E-state index contributed by atoms with van der Waals surface area (Å²) >= 11 is 1.32. The van der Waals surface area contributed by atoms with Crippen LogP contribution in [-0.4, -0.2) is 39.9 Å². The Labute approximate surface area is 181 Å². The number of methoxy groups -OCH3 is 3. The smallest absolute Gasteiger partial charge is 0.278 e. The van der Waals surface area contributed by atoms with E-state index in [1.165, 1.54) is 44.8 Å². The van der Waals surface area contributed by atoms with Crippen LogP contribution in [-0.2, 0) is 10.0 Å². The number of sulfonamides is 1. The van der Waals surface area contributed by atoms with Crippen molar-refractivity contribution in [2.45, 2.75) is 4.90 Å². The zero-order valence-electron chi connectivity index (χ0n) is 16.6. The lowest BCUT2D eigenvalue weighted by Crippen LogP contribution is -2.15. The summed E-state index contributed by atoms with van der Waals surface area (Å²) in [4.78, 5) is 3.89. The zero-order chi connectivity index (χ0) is 22.0. The highest BCUT2D eigenvalue weighted by molar-refractivity contribution is 7.93. The van der Waals surface area contributed by atoms with Crippen LogP contribution in [0.3, 0.4) is 0 Å². The fourth-order valence-electron chi connectivity index (χ4n) is 2.92. The van der Waals surface area contributed by atoms with Gasteiger partial charge in [0, 0.05) is 23.7 Å². The van der Waals surface area contributed by atoms with Gasteiger partial charge in [0.05, 0.1) is 21.3 Å². The molecular formula is C19H17N3O7S2. The van der Waals surface area contributed by atoms with Crippen molar-refractivity contribution >= 4 is 38.1 Å². The summed E-state index contributed by atoms with van der Waals surface area (Å²) in [5.74, 6) is 0.878. The summed E-state index contributed by atoms with van der Waals surface area (Å²) in [6.45, 7) is 0. The first-order chi connectivity index (χ1) is 15.0. The van der Waals surface area contributed by atoms with Crippen LogP contribution < -0.4 is 23.7 Å². The minimum atomic E-state index is -4.15. The van der Waals surface area contributed by atoms with E-state index >= 15 is 0 Å². The molecule has 4 rings (SSSR count). The number of anilines is 1. The molecule has 1 N–H and O–H groups in total. The highest BCUT2D eigenvalue weighted by atomic mass is 32.2. The van der Waals surface area contributed by atoms with Crippen molar-refractivity contribution in [3.05, 3.63) is 41.9 Å². The van der Waals surface area contributed by atoms with Gasteiger partial charge >= 0.3 is 0 Å². The molecule has 2 aromatic heterocycles. The summed E-state index contributed by atoms with van der Waals surface area (Å²) in [5, 5.41) is 6.41. The molecule has 0 saturated heterocycles. The lowest BCUT2D eigenvalue weighted by molar-refractivity contribution is 0.373. The van der Waals surface area contributed by atoms with E-state index in [2.05, 4.69) is 14.9 Å². The number of aromatic nitrogens is 2. The van der Waals surface area contributed by atoms with E-state index in [0.717, 1.165) is 0 Å². The number of nitrogens with one attached hydrogen (secondary N) is 1. The van der Waals surface area contributed by atoms with Crippen LogP contribution in [0.15, 0.2) is 51.3 Å². The highest BCUT2D eigenvalue weighted by Gasteiger charge is 2.28. The Morgan fingerprint density at radius 1 is 1.03 bits per heavy atom. The van der Waals surface area contributed by atoms with E-state index in [0.29, 0.717) is 22.1 Å². The predicted octanol–water partition coefficient (Wildman–Crippen LogP) is 3.90. The number of ether oxygens (including phenoxy) is 4. The molecule has 0 amide bonds. The fourth-order valence-corrected chi connectivity index (χ4v) is 4.76. The van der Waals surface area contributed by atoms with E-state index < -0.39 is 10.0 Å². The molecule has 0 radical (unpaired) electrons. The Bertz CT molecular complexity index is 1300. The quantitative estimate of drug-likeness (QED) is 0.414. The first-order valence-corrected chi connectivity index (χ1v) is 11.1. The molecule has 0 fully saturated rings. The Morgan fingerprint density at radius 3 is 2.35 bits per heavy atom. The van der Waals surface area contributed by atoms with Gasteiger partial charge in [-0.3, -0.25) is 4.72 Å². The maximum atomic E-state index is 13.2. The number of hydrogen-bond donors (Lipinski definition) is 1. The molecule has 2 aromatic carbocycles. The number of nitrogens with zero attached hydrogens (tertiary/aromatic N) is 2. The Morgan fingerprint density at radius 2 is 1.74 bits per heavy atom. The molecule has 10 nitrogen and oxygen atoms in total. The second-order valence-electron chi connectivity index (χ2n) is 6.03. The zero-order valence-corrected chi connectivity index (χ0v) is 18.2. The summed E-state index contributed by atoms with van der Waals surface area (Å²) in [7, 11) is 0.0217. The van der Waals surface area contributed by atoms with Gasteiger partial charge in [-0.15, -0.1) is 0 Å². The monoisotopic (exact) mass is 463 g/mol. The molecule has 4 aromatic rings. The van der Waals surface area contributed by atoms with E-state index in [4.69, 9.17) is 23.5 Å². The van der Waals surface area contributed by atoms with Gasteiger partial charge in [0.2, 0.25) is 0 Å². The van der Waals surface area contributed by atoms with Gasteiger partial charge < -0.3 is 23.5 Å². The molecule has 0 aliphatic rings. The van der Waals surface area contributed by atoms with Crippen molar-refractivity contribution in [1.82, 2.24) is 10.1 Å². The maximum absolute atomic E-state index is 13.2. The molecule has 0 unspecified atom stereocenters. The standard InChI is InChI=1S/C19H17N3O7S2/c1-25-12-5-4-6-13(26-2)17(12)31(23,24)22-18-16-14(27-3)9-11(10-15(16)29-21-18)28-19-20-7-8-30-19/h4-10H,1-3H3,(H,21,22). The van der Waals surface area contributed by atoms with Crippen molar-refractivity contribution in [2.24, 2.45) is 0 Å². The molecule has 0 aliphatic carbocycles. The third kappa shape index (κ3) is 3.94. The molecule has 162 valence electrons. The highest BCUT2D eigenvalue weighted by Crippen LogP contribution is 2.40. The normalized spacial score (nSPS) is 11.3. The summed E-state index contributed by atoms with van der Waals surface area (Å²) in [5.41, 5.74) is 0.260. The second-order valence-corrected chi connectivity index (χ2v) is 8.50. The van der Waals surface area contributed by atoms with Crippen molar-refractivity contribution < 1.29 is 31.9 Å². The lowest BCUT2D eigenvalue weighted by Gasteiger charge is -2.14. The van der Waals surface area contributed by atoms with Crippen LogP contribution in [0.25, 0.3) is 11.0 Å². The van der Waals surface area contributed by atoms with Crippen molar-refractivity contribution in [3.63, 3.8) is 0 Å². The molecule has 12 heteroatoms. The van der Waals surface area contributed by atoms with Gasteiger partial charge in [0.25, 0.3) is 15.2 Å². The fraction of sp³-hybridized carbons (Fsp3) is 0.158. The van der Waals surface area contributed by atoms with Crippen LogP contribution >= 0.6 is 11.3 Å². The SMILES string of the molecule is COc1cccc(OC)c1S(=O)(=O)Nc1noc2cc(Oc3nccs3)cc(OC)c12. The largest absolute Gasteiger partial charge is 0.496 e. The lowest BCUT2D eigenvalue weighted by atomic mass is 10.2. The molecule has 0 atom stereocenters. The van der Waals surface area contributed by atoms with Gasteiger partial charge in [-0.05, 0) is 12.1 Å². The first kappa shape index (κ1) is 20.8. The van der Waals surface area contributed by atoms with Gasteiger partial charge in [-0.25, -0.2) is 13.4 Å². The predicted molar refractivity (Wildman–Crippen MR) is 113 cm³/mol. The number of rotatable bonds is 8. The molecular weight excluding hydrogens is 446 g/mol. The van der Waals surface area contributed by atoms with Gasteiger partial charge in [0.15, 0.2) is 16.3 Å². The first-order valence-electron chi connectivity index (χ1n) is 8.75. The minimum absolute atomic E-state index is 0.0550. The van der Waals surface area contributed by atoms with Gasteiger partial charge in [-0.2, -0.15) is 0 Å². The van der Waals surface area contributed by atoms with E-state index in [9.17, 15) is 8.42 Å². The topological polar surface area (TPSA) is 122 Å². The maximum Gasteiger partial charge on any atom is 0.278 e. The van der Waals surface area contributed by atoms with Gasteiger partial charge in [-0.1, -0.05) is 22.6 Å². The number of hydrogen-bond acceptors (Lipinski definition) is 10. The van der Waals surface area contributed by atoms with Crippen LogP contribution in [0.1, 0.15) is 0 Å². The van der Waals surface area contributed by atoms with E-state index in [1.54, 1.807) is 29.8 Å². The van der Waals surface area contributed by atoms with Crippen LogP contribution in [0.2, 0.25) is 0 Å². The summed E-state index contributed by atoms with van der Waals surface area (Å²) in [6, 6.07) is 7.80. The third-order valence-electron chi connectivity index (χ3n) is 4.23. The molecule has 0 saturated carbocycles. The summed E-state index contributed by atoms with van der Waals surface area (Å²) in [6.07, 6.45) is 1.61. The minimum Gasteiger partial charge on any atom is -0.496 e. The van der Waals surface area contributed by atoms with Crippen LogP contribution in [0.5, 0.6) is 28.2 Å². The molecule has 0 aliphatic heterocycles. The van der Waals surface area contributed by atoms with Crippen molar-refractivity contribution in [2.75, 3.05) is 26.1 Å². The summed E-state index contributed by atoms with van der Waals surface area (Å²) < 4.78 is 55.6. The molecule has 0 bridgehead atoms. The molecule has 0 spiro atoms. The second kappa shape index (κ2) is 8.32. The van der Waals surface area contributed by atoms with Crippen molar-refractivity contribution in [1.29, 1.82) is 0 Å². The van der Waals surface area contributed by atoms with Crippen molar-refractivity contribution in [3.8, 4) is 28.2 Å². The van der Waals surface area contributed by atoms with Gasteiger partial charge in [0.1, 0.15) is 28.4 Å². The number of benzene rings is 2. The average molecular weight is 463 g/mol. The number of thiazole rings is 1. The van der Waals surface area contributed by atoms with Crippen LogP contribution in [0, 0.1) is 0 Å². The third-order valence-corrected chi connectivity index (χ3v) is 6.28. The Kier molecular flexibility index (Phi) is 5.57.